The molecule has 11 heteroatoms. The molecule has 4 atom stereocenters. The summed E-state index contributed by atoms with van der Waals surface area (Å²) >= 11 is 0. The Bertz CT molecular complexity index is 1610. The smallest absolute Gasteiger partial charge is 0.450 e. The van der Waals surface area contributed by atoms with Crippen molar-refractivity contribution in [1.29, 1.82) is 5.41 Å². The zero-order chi connectivity index (χ0) is 29.4. The lowest BCUT2D eigenvalue weighted by Gasteiger charge is -2.49. The molecule has 1 aliphatic carbocycles. The van der Waals surface area contributed by atoms with Crippen LogP contribution in [0.1, 0.15) is 43.2 Å². The summed E-state index contributed by atoms with van der Waals surface area (Å²) in [5.74, 6) is -1.17. The van der Waals surface area contributed by atoms with Gasteiger partial charge in [-0.2, -0.15) is 0 Å². The standard InChI is InChI=1S/C30H34N4O6S/c31-27(32)22-9-5-6-19(16-22)18-30(33,41(38,39)23-13-12-20-7-1-2-8-21(20)17-23)28(35)34-15-14-26(40-29(36)37)24-10-3-4-11-25(24)34/h1-2,5-9,12-13,16-17,24-26H,3-4,10-11,14-15,18,33H2,(H3,31,32)(H,36,37)/t24?,25?,26?,30-/m1/s1. The molecule has 5 rings (SSSR count). The highest BCUT2D eigenvalue weighted by molar-refractivity contribution is 7.93. The molecule has 216 valence electrons. The maximum atomic E-state index is 14.5. The van der Waals surface area contributed by atoms with Crippen molar-refractivity contribution in [2.24, 2.45) is 17.4 Å². The quantitative estimate of drug-likeness (QED) is 0.186. The van der Waals surface area contributed by atoms with Gasteiger partial charge in [0.25, 0.3) is 5.91 Å². The van der Waals surface area contributed by atoms with E-state index in [9.17, 15) is 23.1 Å². The number of piperidine rings is 1. The van der Waals surface area contributed by atoms with E-state index in [2.05, 4.69) is 0 Å². The van der Waals surface area contributed by atoms with Gasteiger partial charge in [0, 0.05) is 36.9 Å². The van der Waals surface area contributed by atoms with E-state index < -0.39 is 38.9 Å². The van der Waals surface area contributed by atoms with Crippen molar-refractivity contribution in [3.63, 3.8) is 0 Å². The van der Waals surface area contributed by atoms with Crippen LogP contribution in [-0.2, 0) is 25.8 Å². The molecule has 0 spiro atoms. The minimum absolute atomic E-state index is 0.0703. The van der Waals surface area contributed by atoms with Crippen LogP contribution in [0, 0.1) is 11.3 Å². The maximum absolute atomic E-state index is 14.5. The highest BCUT2D eigenvalue weighted by atomic mass is 32.2. The topological polar surface area (TPSA) is 177 Å². The van der Waals surface area contributed by atoms with Gasteiger partial charge < -0.3 is 26.2 Å². The molecule has 0 bridgehead atoms. The van der Waals surface area contributed by atoms with E-state index in [4.69, 9.17) is 21.6 Å². The van der Waals surface area contributed by atoms with E-state index in [0.717, 1.165) is 18.2 Å². The van der Waals surface area contributed by atoms with Crippen molar-refractivity contribution in [1.82, 2.24) is 4.90 Å². The zero-order valence-electron chi connectivity index (χ0n) is 22.5. The number of carboxylic acid groups (broad SMARTS) is 1. The molecule has 1 saturated carbocycles. The van der Waals surface area contributed by atoms with Gasteiger partial charge in [0.05, 0.1) is 4.90 Å². The van der Waals surface area contributed by atoms with Gasteiger partial charge in [-0.1, -0.05) is 61.4 Å². The monoisotopic (exact) mass is 578 g/mol. The minimum Gasteiger partial charge on any atom is -0.450 e. The number of rotatable bonds is 7. The molecule has 1 amide bonds. The second kappa shape index (κ2) is 11.1. The summed E-state index contributed by atoms with van der Waals surface area (Å²) in [6.07, 6.45) is 0.930. The Labute approximate surface area is 238 Å². The van der Waals surface area contributed by atoms with E-state index >= 15 is 0 Å². The van der Waals surface area contributed by atoms with E-state index in [1.165, 1.54) is 12.1 Å². The summed E-state index contributed by atoms with van der Waals surface area (Å²) in [6, 6.07) is 18.1. The number of nitrogens with two attached hydrogens (primary N) is 2. The van der Waals surface area contributed by atoms with Gasteiger partial charge in [-0.05, 0) is 47.4 Å². The van der Waals surface area contributed by atoms with E-state index in [0.29, 0.717) is 29.4 Å². The molecule has 3 aromatic carbocycles. The first-order chi connectivity index (χ1) is 19.5. The number of nitrogen functional groups attached to an aromatic ring is 1. The SMILES string of the molecule is N=C(N)c1cccc(C[C@](N)(C(=O)N2CCC(OC(=O)O)C3CCCCC32)S(=O)(=O)c2ccc3ccccc3c2)c1. The molecule has 0 aromatic heterocycles. The van der Waals surface area contributed by atoms with Crippen molar-refractivity contribution in [3.8, 4) is 0 Å². The van der Waals surface area contributed by atoms with Crippen molar-refractivity contribution in [3.05, 3.63) is 77.9 Å². The fourth-order valence-corrected chi connectivity index (χ4v) is 8.01. The van der Waals surface area contributed by atoms with Crippen LogP contribution in [0.2, 0.25) is 0 Å². The molecule has 3 unspecified atom stereocenters. The second-order valence-electron chi connectivity index (χ2n) is 10.9. The average molecular weight is 579 g/mol. The van der Waals surface area contributed by atoms with Gasteiger partial charge in [0.2, 0.25) is 14.7 Å². The first-order valence-corrected chi connectivity index (χ1v) is 15.2. The number of benzene rings is 3. The van der Waals surface area contributed by atoms with E-state index in [1.54, 1.807) is 47.4 Å². The lowest BCUT2D eigenvalue weighted by molar-refractivity contribution is -0.145. The summed E-state index contributed by atoms with van der Waals surface area (Å²) < 4.78 is 34.0. The molecule has 0 radical (unpaired) electrons. The van der Waals surface area contributed by atoms with E-state index in [1.807, 2.05) is 12.1 Å². The van der Waals surface area contributed by atoms with Crippen molar-refractivity contribution in [2.45, 2.75) is 60.4 Å². The number of hydrogen-bond donors (Lipinski definition) is 4. The predicted octanol–water partition coefficient (Wildman–Crippen LogP) is 3.65. The number of carbonyl (C=O) groups is 2. The fraction of sp³-hybridized carbons (Fsp3) is 0.367. The summed E-state index contributed by atoms with van der Waals surface area (Å²) in [7, 11) is -4.47. The van der Waals surface area contributed by atoms with Crippen LogP contribution in [0.4, 0.5) is 4.79 Å². The zero-order valence-corrected chi connectivity index (χ0v) is 23.3. The number of likely N-dealkylation sites (tertiary alicyclic amines) is 1. The van der Waals surface area contributed by atoms with Gasteiger partial charge in [-0.15, -0.1) is 0 Å². The summed E-state index contributed by atoms with van der Waals surface area (Å²) in [4.78, 5) is 24.9. The number of ether oxygens (including phenoxy) is 1. The molecule has 1 aliphatic heterocycles. The number of sulfone groups is 1. The Morgan fingerprint density at radius 2 is 1.73 bits per heavy atom. The van der Waals surface area contributed by atoms with Crippen LogP contribution in [0.3, 0.4) is 0 Å². The summed E-state index contributed by atoms with van der Waals surface area (Å²) in [5.41, 5.74) is 13.3. The summed E-state index contributed by atoms with van der Waals surface area (Å²) in [6.45, 7) is 0.123. The molecule has 1 heterocycles. The van der Waals surface area contributed by atoms with Gasteiger partial charge in [0.15, 0.2) is 0 Å². The lowest BCUT2D eigenvalue weighted by Crippen LogP contribution is -2.66. The number of nitrogens with zero attached hydrogens (tertiary/aromatic N) is 1. The fourth-order valence-electron chi connectivity index (χ4n) is 6.36. The average Bonchev–Trinajstić information content (AvgIpc) is 2.96. The van der Waals surface area contributed by atoms with Crippen molar-refractivity contribution in [2.75, 3.05) is 6.54 Å². The Morgan fingerprint density at radius 1 is 1.00 bits per heavy atom. The number of amidine groups is 1. The van der Waals surface area contributed by atoms with Crippen LogP contribution in [0.5, 0.6) is 0 Å². The lowest BCUT2D eigenvalue weighted by atomic mass is 9.76. The van der Waals surface area contributed by atoms with Crippen LogP contribution < -0.4 is 11.5 Å². The first-order valence-electron chi connectivity index (χ1n) is 13.7. The number of hydrogen-bond acceptors (Lipinski definition) is 7. The van der Waals surface area contributed by atoms with Gasteiger partial charge in [0.1, 0.15) is 11.9 Å². The molecule has 10 nitrogen and oxygen atoms in total. The Balaban J connectivity index is 1.59. The third-order valence-electron chi connectivity index (χ3n) is 8.40. The molecule has 2 aliphatic rings. The van der Waals surface area contributed by atoms with E-state index in [-0.39, 0.29) is 36.0 Å². The van der Waals surface area contributed by atoms with Gasteiger partial charge >= 0.3 is 6.16 Å². The molecule has 3 aromatic rings. The largest absolute Gasteiger partial charge is 0.506 e. The summed E-state index contributed by atoms with van der Waals surface area (Å²) in [5, 5.41) is 18.6. The van der Waals surface area contributed by atoms with Crippen molar-refractivity contribution >= 4 is 38.5 Å². The van der Waals surface area contributed by atoms with Crippen LogP contribution in [-0.4, -0.2) is 59.9 Å². The number of amides is 1. The highest BCUT2D eigenvalue weighted by Crippen LogP contribution is 2.39. The predicted molar refractivity (Wildman–Crippen MR) is 154 cm³/mol. The number of carbonyl (C=O) groups excluding carboxylic acids is 1. The first kappa shape index (κ1) is 28.6. The van der Waals surface area contributed by atoms with Crippen LogP contribution >= 0.6 is 0 Å². The van der Waals surface area contributed by atoms with Crippen molar-refractivity contribution < 1.29 is 27.9 Å². The third kappa shape index (κ3) is 5.39. The third-order valence-corrected chi connectivity index (χ3v) is 10.6. The second-order valence-corrected chi connectivity index (χ2v) is 13.1. The molecule has 1 saturated heterocycles. The maximum Gasteiger partial charge on any atom is 0.506 e. The van der Waals surface area contributed by atoms with Crippen LogP contribution in [0.25, 0.3) is 10.8 Å². The molecule has 41 heavy (non-hydrogen) atoms. The number of nitrogens with one attached hydrogen (secondary N) is 1. The normalized spacial score (nSPS) is 22.4. The Morgan fingerprint density at radius 3 is 2.46 bits per heavy atom. The van der Waals surface area contributed by atoms with Gasteiger partial charge in [-0.25, -0.2) is 13.2 Å². The van der Waals surface area contributed by atoms with Crippen LogP contribution in [0.15, 0.2) is 71.6 Å². The Hall–Kier alpha value is -3.96. The molecular formula is C30H34N4O6S. The number of fused-ring (bicyclic) bond motifs is 2. The molecule has 6 N–H and O–H groups in total. The Kier molecular flexibility index (Phi) is 7.76. The minimum atomic E-state index is -4.47. The van der Waals surface area contributed by atoms with Gasteiger partial charge in [-0.3, -0.25) is 10.2 Å². The molecular weight excluding hydrogens is 544 g/mol. The highest BCUT2D eigenvalue weighted by Gasteiger charge is 2.54. The molecule has 2 fully saturated rings.